The third-order valence-corrected chi connectivity index (χ3v) is 7.36. The van der Waals surface area contributed by atoms with E-state index in [2.05, 4.69) is 4.90 Å². The molecule has 208 valence electrons. The second-order valence-corrected chi connectivity index (χ2v) is 10.1. The van der Waals surface area contributed by atoms with Crippen molar-refractivity contribution in [2.45, 2.75) is 13.1 Å². The van der Waals surface area contributed by atoms with Crippen LogP contribution in [-0.2, 0) is 20.1 Å². The van der Waals surface area contributed by atoms with Gasteiger partial charge in [-0.2, -0.15) is 5.26 Å². The number of imidazole rings is 1. The topological polar surface area (TPSA) is 66.6 Å². The minimum Gasteiger partial charge on any atom is -0.497 e. The number of anilines is 3. The highest BCUT2D eigenvalue weighted by atomic mass is 35.5. The highest BCUT2D eigenvalue weighted by molar-refractivity contribution is 6.33. The van der Waals surface area contributed by atoms with Gasteiger partial charge < -0.3 is 23.8 Å². The summed E-state index contributed by atoms with van der Waals surface area (Å²) in [5.74, 6) is 0.997. The number of rotatable bonds is 9. The molecule has 0 fully saturated rings. The van der Waals surface area contributed by atoms with Gasteiger partial charge in [0.25, 0.3) is 0 Å². The van der Waals surface area contributed by atoms with Crippen LogP contribution in [0.25, 0.3) is 11.0 Å². The first-order valence-electron chi connectivity index (χ1n) is 12.9. The molecule has 5 aromatic rings. The molecule has 0 N–H and O–H groups in total. The van der Waals surface area contributed by atoms with E-state index in [-0.39, 0.29) is 16.3 Å². The number of fused-ring (bicyclic) bond motifs is 1. The molecular weight excluding hydrogens is 541 g/mol. The summed E-state index contributed by atoms with van der Waals surface area (Å²) in [5, 5.41) is 9.39. The number of benzene rings is 4. The number of aromatic nitrogens is 2. The molecule has 4 aromatic carbocycles. The molecule has 9 heteroatoms. The van der Waals surface area contributed by atoms with Gasteiger partial charge in [0.05, 0.1) is 54.1 Å². The predicted octanol–water partition coefficient (Wildman–Crippen LogP) is 7.23. The van der Waals surface area contributed by atoms with Crippen molar-refractivity contribution in [1.82, 2.24) is 9.55 Å². The smallest absolute Gasteiger partial charge is 0.149 e. The van der Waals surface area contributed by atoms with Crippen molar-refractivity contribution < 1.29 is 13.9 Å². The third-order valence-electron chi connectivity index (χ3n) is 7.07. The fourth-order valence-electron chi connectivity index (χ4n) is 4.84. The number of ether oxygens (including phenoxy) is 2. The fourth-order valence-corrected chi connectivity index (χ4v) is 5.18. The summed E-state index contributed by atoms with van der Waals surface area (Å²) in [6.07, 6.45) is 1.77. The van der Waals surface area contributed by atoms with Gasteiger partial charge in [0.1, 0.15) is 22.8 Å². The maximum Gasteiger partial charge on any atom is 0.149 e. The van der Waals surface area contributed by atoms with Crippen LogP contribution in [-0.4, -0.2) is 30.8 Å². The molecule has 5 rings (SSSR count). The van der Waals surface area contributed by atoms with Crippen molar-refractivity contribution in [3.05, 3.63) is 107 Å². The number of hydrogen-bond donors (Lipinski definition) is 0. The Morgan fingerprint density at radius 3 is 2.02 bits per heavy atom. The Hall–Kier alpha value is -4.74. The van der Waals surface area contributed by atoms with Crippen molar-refractivity contribution in [2.24, 2.45) is 7.05 Å². The van der Waals surface area contributed by atoms with Crippen LogP contribution in [0.1, 0.15) is 16.7 Å². The summed E-state index contributed by atoms with van der Waals surface area (Å²) < 4.78 is 27.8. The zero-order valence-corrected chi connectivity index (χ0v) is 24.0. The highest BCUT2D eigenvalue weighted by Gasteiger charge is 2.21. The molecule has 1 aromatic heterocycles. The van der Waals surface area contributed by atoms with E-state index in [0.717, 1.165) is 45.0 Å². The number of nitriles is 1. The molecule has 0 aliphatic carbocycles. The molecule has 0 radical (unpaired) electrons. The van der Waals surface area contributed by atoms with E-state index in [4.69, 9.17) is 26.1 Å². The summed E-state index contributed by atoms with van der Waals surface area (Å²) in [5.41, 5.74) is 5.82. The largest absolute Gasteiger partial charge is 0.497 e. The van der Waals surface area contributed by atoms with Gasteiger partial charge in [0.2, 0.25) is 0 Å². The zero-order chi connectivity index (χ0) is 29.1. The molecule has 0 spiro atoms. The second kappa shape index (κ2) is 11.8. The van der Waals surface area contributed by atoms with Gasteiger partial charge in [0, 0.05) is 32.9 Å². The molecule has 41 heavy (non-hydrogen) atoms. The molecule has 0 unspecified atom stereocenters. The number of aryl methyl sites for hydroxylation is 1. The lowest BCUT2D eigenvalue weighted by Gasteiger charge is -2.28. The van der Waals surface area contributed by atoms with Crippen LogP contribution in [0.4, 0.5) is 21.5 Å². The molecule has 0 aliphatic rings. The van der Waals surface area contributed by atoms with E-state index in [1.807, 2.05) is 78.3 Å². The molecule has 0 saturated heterocycles. The first-order valence-corrected chi connectivity index (χ1v) is 13.3. The molecule has 0 bridgehead atoms. The minimum atomic E-state index is -0.573. The van der Waals surface area contributed by atoms with Crippen LogP contribution in [0.5, 0.6) is 11.5 Å². The van der Waals surface area contributed by atoms with Gasteiger partial charge in [0.15, 0.2) is 0 Å². The van der Waals surface area contributed by atoms with E-state index in [1.54, 1.807) is 32.5 Å². The maximum absolute atomic E-state index is 15.2. The van der Waals surface area contributed by atoms with Gasteiger partial charge >= 0.3 is 0 Å². The van der Waals surface area contributed by atoms with Crippen molar-refractivity contribution >= 4 is 39.7 Å². The van der Waals surface area contributed by atoms with Crippen LogP contribution in [0.15, 0.2) is 79.1 Å². The summed E-state index contributed by atoms with van der Waals surface area (Å²) >= 11 is 6.47. The van der Waals surface area contributed by atoms with Crippen molar-refractivity contribution in [1.29, 1.82) is 5.26 Å². The molecule has 1 heterocycles. The van der Waals surface area contributed by atoms with Crippen LogP contribution in [0, 0.1) is 17.1 Å². The molecule has 0 amide bonds. The van der Waals surface area contributed by atoms with Gasteiger partial charge in [-0.1, -0.05) is 35.9 Å². The van der Waals surface area contributed by atoms with E-state index in [0.29, 0.717) is 13.1 Å². The van der Waals surface area contributed by atoms with Gasteiger partial charge in [-0.05, 0) is 59.7 Å². The summed E-state index contributed by atoms with van der Waals surface area (Å²) in [4.78, 5) is 8.68. The Kier molecular flexibility index (Phi) is 7.99. The minimum absolute atomic E-state index is 0.157. The molecule has 0 atom stereocenters. The van der Waals surface area contributed by atoms with E-state index >= 15 is 4.39 Å². The van der Waals surface area contributed by atoms with E-state index < -0.39 is 5.82 Å². The van der Waals surface area contributed by atoms with Crippen LogP contribution in [0.2, 0.25) is 5.02 Å². The van der Waals surface area contributed by atoms with Crippen molar-refractivity contribution in [2.75, 3.05) is 31.1 Å². The number of nitrogens with zero attached hydrogens (tertiary/aromatic N) is 5. The standard InChI is InChI=1S/C32H29ClFN5O2/c1-37-20-36-31-29(37)15-24(38(2)32-27(33)13-23(17-35)14-28(32)34)16-30(31)39(18-21-5-9-25(40-3)10-6-21)19-22-7-11-26(41-4)12-8-22/h5-16,20H,18-19H2,1-4H3. The summed E-state index contributed by atoms with van der Waals surface area (Å²) in [6, 6.07) is 24.5. The average molecular weight is 570 g/mol. The zero-order valence-electron chi connectivity index (χ0n) is 23.2. The van der Waals surface area contributed by atoms with Gasteiger partial charge in [-0.3, -0.25) is 0 Å². The van der Waals surface area contributed by atoms with Crippen molar-refractivity contribution in [3.63, 3.8) is 0 Å². The lowest BCUT2D eigenvalue weighted by atomic mass is 10.1. The Morgan fingerprint density at radius 2 is 1.51 bits per heavy atom. The highest BCUT2D eigenvalue weighted by Crippen LogP contribution is 2.39. The van der Waals surface area contributed by atoms with Crippen LogP contribution >= 0.6 is 11.6 Å². The van der Waals surface area contributed by atoms with Gasteiger partial charge in [-0.15, -0.1) is 0 Å². The monoisotopic (exact) mass is 569 g/mol. The van der Waals surface area contributed by atoms with Crippen LogP contribution in [0.3, 0.4) is 0 Å². The van der Waals surface area contributed by atoms with Crippen LogP contribution < -0.4 is 19.3 Å². The first-order chi connectivity index (χ1) is 19.8. The van der Waals surface area contributed by atoms with E-state index in [1.165, 1.54) is 12.1 Å². The molecule has 0 saturated carbocycles. The molecular formula is C32H29ClFN5O2. The lowest BCUT2D eigenvalue weighted by Crippen LogP contribution is -2.23. The molecule has 0 aliphatic heterocycles. The summed E-state index contributed by atoms with van der Waals surface area (Å²) in [7, 11) is 6.98. The Balaban J connectivity index is 1.63. The number of hydrogen-bond acceptors (Lipinski definition) is 6. The Morgan fingerprint density at radius 1 is 0.927 bits per heavy atom. The average Bonchev–Trinajstić information content (AvgIpc) is 3.37. The Bertz CT molecular complexity index is 1660. The quantitative estimate of drug-likeness (QED) is 0.186. The summed E-state index contributed by atoms with van der Waals surface area (Å²) in [6.45, 7) is 1.17. The normalized spacial score (nSPS) is 10.9. The lowest BCUT2D eigenvalue weighted by molar-refractivity contribution is 0.414. The van der Waals surface area contributed by atoms with Gasteiger partial charge in [-0.25, -0.2) is 9.37 Å². The fraction of sp³-hybridized carbons (Fsp3) is 0.188. The second-order valence-electron chi connectivity index (χ2n) is 9.70. The van der Waals surface area contributed by atoms with E-state index in [9.17, 15) is 5.26 Å². The predicted molar refractivity (Wildman–Crippen MR) is 161 cm³/mol. The third kappa shape index (κ3) is 5.76. The Labute approximate surface area is 243 Å². The molecule has 7 nitrogen and oxygen atoms in total. The van der Waals surface area contributed by atoms with Crippen molar-refractivity contribution in [3.8, 4) is 17.6 Å². The number of halogens is 2. The number of methoxy groups -OCH3 is 2. The first kappa shape index (κ1) is 27.8. The SMILES string of the molecule is COc1ccc(CN(Cc2ccc(OC)cc2)c2cc(N(C)c3c(F)cc(C#N)cc3Cl)cc3c2ncn3C)cc1. The maximum atomic E-state index is 15.2.